The second kappa shape index (κ2) is 9.44. The van der Waals surface area contributed by atoms with Crippen molar-refractivity contribution < 1.29 is 4.42 Å². The van der Waals surface area contributed by atoms with Crippen molar-refractivity contribution >= 4 is 54.3 Å². The molecule has 9 rings (SSSR count). The van der Waals surface area contributed by atoms with E-state index in [1.165, 1.54) is 54.6 Å². The van der Waals surface area contributed by atoms with Crippen LogP contribution in [0.5, 0.6) is 0 Å². The average Bonchev–Trinajstić information content (AvgIpc) is 3.47. The van der Waals surface area contributed by atoms with Crippen LogP contribution in [0.3, 0.4) is 0 Å². The van der Waals surface area contributed by atoms with Gasteiger partial charge in [-0.2, -0.15) is 0 Å². The molecule has 0 unspecified atom stereocenters. The zero-order valence-electron chi connectivity index (χ0n) is 23.4. The normalized spacial score (nSPS) is 11.7. The quantitative estimate of drug-likeness (QED) is 0.201. The highest BCUT2D eigenvalue weighted by Crippen LogP contribution is 2.41. The smallest absolute Gasteiger partial charge is 0.143 e. The maximum atomic E-state index is 6.52. The van der Waals surface area contributed by atoms with Gasteiger partial charge in [0.25, 0.3) is 0 Å². The Morgan fingerprint density at radius 2 is 0.814 bits per heavy atom. The number of furan rings is 1. The molecular formula is C42H26O. The lowest BCUT2D eigenvalue weighted by atomic mass is 9.91. The fourth-order valence-electron chi connectivity index (χ4n) is 6.79. The molecule has 0 saturated heterocycles. The van der Waals surface area contributed by atoms with E-state index in [0.29, 0.717) is 0 Å². The van der Waals surface area contributed by atoms with E-state index in [4.69, 9.17) is 4.42 Å². The second-order valence-electron chi connectivity index (χ2n) is 11.3. The molecule has 0 aliphatic carbocycles. The summed E-state index contributed by atoms with van der Waals surface area (Å²) in [6.07, 6.45) is 0. The summed E-state index contributed by atoms with van der Waals surface area (Å²) in [4.78, 5) is 0. The molecule has 9 aromatic rings. The van der Waals surface area contributed by atoms with Gasteiger partial charge in [0.15, 0.2) is 0 Å². The molecule has 0 N–H and O–H groups in total. The van der Waals surface area contributed by atoms with E-state index in [1.54, 1.807) is 0 Å². The molecule has 0 saturated carbocycles. The number of benzene rings is 8. The Kier molecular flexibility index (Phi) is 5.27. The van der Waals surface area contributed by atoms with Crippen molar-refractivity contribution in [3.8, 4) is 33.4 Å². The van der Waals surface area contributed by atoms with Crippen LogP contribution in [0.2, 0.25) is 0 Å². The Balaban J connectivity index is 1.27. The van der Waals surface area contributed by atoms with Crippen LogP contribution in [-0.2, 0) is 0 Å². The van der Waals surface area contributed by atoms with Gasteiger partial charge in [-0.05, 0) is 90.5 Å². The highest BCUT2D eigenvalue weighted by molar-refractivity contribution is 6.25. The molecule has 0 atom stereocenters. The van der Waals surface area contributed by atoms with Gasteiger partial charge in [-0.25, -0.2) is 0 Å². The monoisotopic (exact) mass is 546 g/mol. The number of hydrogen-bond donors (Lipinski definition) is 0. The topological polar surface area (TPSA) is 13.1 Å². The molecule has 200 valence electrons. The summed E-state index contributed by atoms with van der Waals surface area (Å²) in [6, 6.07) is 56.8. The Hall–Kier alpha value is -5.66. The third kappa shape index (κ3) is 3.79. The van der Waals surface area contributed by atoms with E-state index in [2.05, 4.69) is 152 Å². The Morgan fingerprint density at radius 1 is 0.279 bits per heavy atom. The number of para-hydroxylation sites is 1. The molecule has 0 aliphatic heterocycles. The number of hydrogen-bond acceptors (Lipinski definition) is 1. The predicted octanol–water partition coefficient (Wildman–Crippen LogP) is 12.0. The maximum absolute atomic E-state index is 6.52. The van der Waals surface area contributed by atoms with E-state index in [-0.39, 0.29) is 0 Å². The van der Waals surface area contributed by atoms with Gasteiger partial charge in [0.1, 0.15) is 11.2 Å². The summed E-state index contributed by atoms with van der Waals surface area (Å²) in [6.45, 7) is 0. The molecule has 0 aliphatic rings. The van der Waals surface area contributed by atoms with Gasteiger partial charge in [-0.3, -0.25) is 0 Å². The molecule has 0 bridgehead atoms. The molecule has 0 fully saturated rings. The minimum Gasteiger partial charge on any atom is -0.455 e. The molecule has 8 aromatic carbocycles. The lowest BCUT2D eigenvalue weighted by Gasteiger charge is -2.13. The van der Waals surface area contributed by atoms with Crippen molar-refractivity contribution in [1.29, 1.82) is 0 Å². The van der Waals surface area contributed by atoms with Crippen molar-refractivity contribution in [2.45, 2.75) is 0 Å². The van der Waals surface area contributed by atoms with Crippen LogP contribution in [0.4, 0.5) is 0 Å². The summed E-state index contributed by atoms with van der Waals surface area (Å²) in [5.74, 6) is 0. The fourth-order valence-corrected chi connectivity index (χ4v) is 6.79. The van der Waals surface area contributed by atoms with Gasteiger partial charge >= 0.3 is 0 Å². The van der Waals surface area contributed by atoms with Crippen molar-refractivity contribution in [2.24, 2.45) is 0 Å². The zero-order valence-corrected chi connectivity index (χ0v) is 23.4. The Labute approximate surface area is 249 Å². The Bertz CT molecular complexity index is 2460. The summed E-state index contributed by atoms with van der Waals surface area (Å²) >= 11 is 0. The summed E-state index contributed by atoms with van der Waals surface area (Å²) in [7, 11) is 0. The van der Waals surface area contributed by atoms with Gasteiger partial charge in [0.2, 0.25) is 0 Å². The predicted molar refractivity (Wildman–Crippen MR) is 183 cm³/mol. The Morgan fingerprint density at radius 3 is 1.56 bits per heavy atom. The number of rotatable bonds is 3. The third-order valence-electron chi connectivity index (χ3n) is 8.84. The molecule has 1 heterocycles. The zero-order chi connectivity index (χ0) is 28.3. The fraction of sp³-hybridized carbons (Fsp3) is 0. The van der Waals surface area contributed by atoms with Crippen molar-refractivity contribution in [3.63, 3.8) is 0 Å². The van der Waals surface area contributed by atoms with E-state index in [9.17, 15) is 0 Å². The van der Waals surface area contributed by atoms with Gasteiger partial charge in [-0.15, -0.1) is 0 Å². The minimum absolute atomic E-state index is 0.911. The second-order valence-corrected chi connectivity index (χ2v) is 11.3. The minimum atomic E-state index is 0.911. The van der Waals surface area contributed by atoms with Crippen molar-refractivity contribution in [2.75, 3.05) is 0 Å². The first-order valence-electron chi connectivity index (χ1n) is 14.8. The van der Waals surface area contributed by atoms with E-state index < -0.39 is 0 Å². The lowest BCUT2D eigenvalue weighted by Crippen LogP contribution is -1.87. The van der Waals surface area contributed by atoms with E-state index in [1.807, 2.05) is 6.07 Å². The average molecular weight is 547 g/mol. The maximum Gasteiger partial charge on any atom is 0.143 e. The van der Waals surface area contributed by atoms with Gasteiger partial charge in [0.05, 0.1) is 0 Å². The molecule has 0 amide bonds. The number of fused-ring (bicyclic) bond motifs is 9. The van der Waals surface area contributed by atoms with Crippen molar-refractivity contribution in [1.82, 2.24) is 0 Å². The largest absolute Gasteiger partial charge is 0.455 e. The van der Waals surface area contributed by atoms with Crippen LogP contribution >= 0.6 is 0 Å². The molecule has 1 heteroatoms. The molecule has 43 heavy (non-hydrogen) atoms. The molecule has 0 radical (unpaired) electrons. The lowest BCUT2D eigenvalue weighted by molar-refractivity contribution is 0.670. The first-order valence-corrected chi connectivity index (χ1v) is 14.8. The van der Waals surface area contributed by atoms with Gasteiger partial charge in [-0.1, -0.05) is 127 Å². The van der Waals surface area contributed by atoms with Crippen LogP contribution < -0.4 is 0 Å². The van der Waals surface area contributed by atoms with Crippen LogP contribution in [0, 0.1) is 0 Å². The van der Waals surface area contributed by atoms with Crippen LogP contribution in [0.1, 0.15) is 0 Å². The molecule has 1 aromatic heterocycles. The summed E-state index contributed by atoms with van der Waals surface area (Å²) in [5, 5.41) is 10.0. The molecule has 1 nitrogen and oxygen atoms in total. The summed E-state index contributed by atoms with van der Waals surface area (Å²) in [5.41, 5.74) is 8.85. The SMILES string of the molecule is c1ccc(-c2cc(-c3cccc(-c4ccc5c6ccccc6c6ccccc6c5c4)c3)c3oc4ccccc4c3c2)cc1. The molecular weight excluding hydrogens is 520 g/mol. The first kappa shape index (κ1) is 24.0. The first-order chi connectivity index (χ1) is 21.3. The van der Waals surface area contributed by atoms with Crippen LogP contribution in [-0.4, -0.2) is 0 Å². The van der Waals surface area contributed by atoms with Crippen LogP contribution in [0.25, 0.3) is 87.6 Å². The highest BCUT2D eigenvalue weighted by Gasteiger charge is 2.16. The van der Waals surface area contributed by atoms with E-state index in [0.717, 1.165) is 33.1 Å². The third-order valence-corrected chi connectivity index (χ3v) is 8.84. The van der Waals surface area contributed by atoms with Gasteiger partial charge < -0.3 is 4.42 Å². The van der Waals surface area contributed by atoms with E-state index >= 15 is 0 Å². The summed E-state index contributed by atoms with van der Waals surface area (Å²) < 4.78 is 6.52. The van der Waals surface area contributed by atoms with Crippen LogP contribution in [0.15, 0.2) is 162 Å². The molecule has 0 spiro atoms. The van der Waals surface area contributed by atoms with Crippen molar-refractivity contribution in [3.05, 3.63) is 158 Å². The standard InChI is InChI=1S/C42H26O/c1-2-11-27(12-3-1)31-25-38(42-40(26-31)37-19-8-9-20-41(37)43-42)30-14-10-13-28(23-30)29-21-22-36-34-17-5-4-15-32(34)33-16-6-7-18-35(33)39(36)24-29/h1-26H. The van der Waals surface area contributed by atoms with Gasteiger partial charge in [0, 0.05) is 16.3 Å². The highest BCUT2D eigenvalue weighted by atomic mass is 16.3.